The molecule has 0 radical (unpaired) electrons. The van der Waals surface area contributed by atoms with Gasteiger partial charge in [-0.15, -0.1) is 0 Å². The average Bonchev–Trinajstić information content (AvgIpc) is 2.59. The molecule has 7 nitrogen and oxygen atoms in total. The lowest BCUT2D eigenvalue weighted by Crippen LogP contribution is -2.20. The molecule has 0 spiro atoms. The molecule has 0 aromatic heterocycles. The second-order valence-corrected chi connectivity index (χ2v) is 5.53. The molecule has 2 N–H and O–H groups in total. The van der Waals surface area contributed by atoms with Crippen LogP contribution in [0.25, 0.3) is 0 Å². The van der Waals surface area contributed by atoms with Gasteiger partial charge in [-0.1, -0.05) is 0 Å². The Balaban J connectivity index is 2.05. The zero-order valence-corrected chi connectivity index (χ0v) is 14.0. The summed E-state index contributed by atoms with van der Waals surface area (Å²) in [6.07, 6.45) is -0.584. The van der Waals surface area contributed by atoms with Crippen LogP contribution in [0.4, 0.5) is 0 Å². The van der Waals surface area contributed by atoms with Crippen LogP contribution in [0, 0.1) is 0 Å². The lowest BCUT2D eigenvalue weighted by atomic mass is 9.95. The van der Waals surface area contributed by atoms with Gasteiger partial charge in [0.25, 0.3) is 0 Å². The Hall–Kier alpha value is -3.09. The fourth-order valence-electron chi connectivity index (χ4n) is 2.90. The van der Waals surface area contributed by atoms with Crippen molar-refractivity contribution in [2.45, 2.75) is 12.5 Å². The van der Waals surface area contributed by atoms with Crippen LogP contribution in [0.3, 0.4) is 0 Å². The molecule has 0 aliphatic carbocycles. The third-order valence-corrected chi connectivity index (χ3v) is 4.04. The SMILES string of the molecule is COc1cc([C@H]2CC(=O)c3c(O)cc(O)cc3O2)cc(OC)c1OC. The molecule has 2 aromatic rings. The maximum atomic E-state index is 12.4. The number of benzene rings is 2. The van der Waals surface area contributed by atoms with Crippen LogP contribution in [0.15, 0.2) is 24.3 Å². The van der Waals surface area contributed by atoms with Gasteiger partial charge in [0, 0.05) is 17.7 Å². The summed E-state index contributed by atoms with van der Waals surface area (Å²) in [5, 5.41) is 19.5. The molecule has 0 amide bonds. The van der Waals surface area contributed by atoms with Crippen LogP contribution in [0.1, 0.15) is 28.4 Å². The molecule has 25 heavy (non-hydrogen) atoms. The van der Waals surface area contributed by atoms with Crippen molar-refractivity contribution in [3.8, 4) is 34.5 Å². The minimum Gasteiger partial charge on any atom is -0.508 e. The van der Waals surface area contributed by atoms with Gasteiger partial charge in [-0.25, -0.2) is 0 Å². The van der Waals surface area contributed by atoms with Crippen molar-refractivity contribution in [3.63, 3.8) is 0 Å². The third-order valence-electron chi connectivity index (χ3n) is 4.04. The Bertz CT molecular complexity index is 803. The molecule has 0 saturated heterocycles. The monoisotopic (exact) mass is 346 g/mol. The van der Waals surface area contributed by atoms with Gasteiger partial charge in [0.2, 0.25) is 5.75 Å². The van der Waals surface area contributed by atoms with Gasteiger partial charge in [0.15, 0.2) is 17.3 Å². The van der Waals surface area contributed by atoms with Crippen LogP contribution >= 0.6 is 0 Å². The molecular weight excluding hydrogens is 328 g/mol. The minimum atomic E-state index is -0.616. The van der Waals surface area contributed by atoms with Crippen LogP contribution in [-0.4, -0.2) is 37.3 Å². The molecule has 0 bridgehead atoms. The molecule has 132 valence electrons. The minimum absolute atomic E-state index is 0.0317. The molecule has 0 fully saturated rings. The molecular formula is C18H18O7. The summed E-state index contributed by atoms with van der Waals surface area (Å²) in [5.74, 6) is 0.685. The van der Waals surface area contributed by atoms with Crippen molar-refractivity contribution >= 4 is 5.78 Å². The number of rotatable bonds is 4. The fraction of sp³-hybridized carbons (Fsp3) is 0.278. The fourth-order valence-corrected chi connectivity index (χ4v) is 2.90. The van der Waals surface area contributed by atoms with Crippen LogP contribution in [-0.2, 0) is 0 Å². The molecule has 3 rings (SSSR count). The van der Waals surface area contributed by atoms with Crippen LogP contribution < -0.4 is 18.9 Å². The second kappa shape index (κ2) is 6.43. The largest absolute Gasteiger partial charge is 0.508 e. The average molecular weight is 346 g/mol. The molecule has 1 atom stereocenters. The summed E-state index contributed by atoms with van der Waals surface area (Å²) >= 11 is 0. The van der Waals surface area contributed by atoms with Gasteiger partial charge in [0.1, 0.15) is 28.9 Å². The van der Waals surface area contributed by atoms with E-state index in [9.17, 15) is 15.0 Å². The Labute approximate surface area is 144 Å². The number of hydrogen-bond acceptors (Lipinski definition) is 7. The van der Waals surface area contributed by atoms with Gasteiger partial charge in [-0.05, 0) is 12.1 Å². The van der Waals surface area contributed by atoms with E-state index in [0.717, 1.165) is 6.07 Å². The first-order valence-corrected chi connectivity index (χ1v) is 7.54. The van der Waals surface area contributed by atoms with E-state index < -0.39 is 6.10 Å². The highest BCUT2D eigenvalue weighted by Gasteiger charge is 2.32. The number of ether oxygens (including phenoxy) is 4. The maximum Gasteiger partial charge on any atom is 0.203 e. The van der Waals surface area contributed by atoms with Crippen molar-refractivity contribution in [2.75, 3.05) is 21.3 Å². The van der Waals surface area contributed by atoms with Crippen molar-refractivity contribution in [1.29, 1.82) is 0 Å². The number of methoxy groups -OCH3 is 3. The van der Waals surface area contributed by atoms with E-state index >= 15 is 0 Å². The summed E-state index contributed by atoms with van der Waals surface area (Å²) in [7, 11) is 4.50. The highest BCUT2D eigenvalue weighted by molar-refractivity contribution is 6.02. The number of ketones is 1. The van der Waals surface area contributed by atoms with Gasteiger partial charge in [-0.2, -0.15) is 0 Å². The first kappa shape index (κ1) is 16.8. The highest BCUT2D eigenvalue weighted by Crippen LogP contribution is 2.45. The number of aromatic hydroxyl groups is 2. The zero-order chi connectivity index (χ0) is 18.1. The van der Waals surface area contributed by atoms with E-state index in [1.807, 2.05) is 0 Å². The van der Waals surface area contributed by atoms with Crippen LogP contribution in [0.2, 0.25) is 0 Å². The van der Waals surface area contributed by atoms with E-state index in [2.05, 4.69) is 0 Å². The van der Waals surface area contributed by atoms with Crippen molar-refractivity contribution in [1.82, 2.24) is 0 Å². The standard InChI is InChI=1S/C18H18O7/c1-22-15-4-9(5-16(23-2)18(15)24-3)13-8-12(21)17-11(20)6-10(19)7-14(17)25-13/h4-7,13,19-20H,8H2,1-3H3/t13-/m1/s1. The van der Waals surface area contributed by atoms with E-state index in [0.29, 0.717) is 22.8 Å². The van der Waals surface area contributed by atoms with E-state index in [-0.39, 0.29) is 35.0 Å². The lowest BCUT2D eigenvalue weighted by Gasteiger charge is -2.27. The summed E-state index contributed by atoms with van der Waals surface area (Å²) in [4.78, 5) is 12.4. The normalized spacial score (nSPS) is 16.0. The Kier molecular flexibility index (Phi) is 4.31. The van der Waals surface area contributed by atoms with E-state index in [4.69, 9.17) is 18.9 Å². The molecule has 1 aliphatic heterocycles. The zero-order valence-electron chi connectivity index (χ0n) is 14.0. The van der Waals surface area contributed by atoms with Gasteiger partial charge < -0.3 is 29.2 Å². The number of carbonyl (C=O) groups excluding carboxylic acids is 1. The predicted octanol–water partition coefficient (Wildman–Crippen LogP) is 2.83. The molecule has 7 heteroatoms. The quantitative estimate of drug-likeness (QED) is 0.879. The van der Waals surface area contributed by atoms with Crippen LogP contribution in [0.5, 0.6) is 34.5 Å². The van der Waals surface area contributed by atoms with Gasteiger partial charge in [-0.3, -0.25) is 4.79 Å². The molecule has 1 aliphatic rings. The number of Topliss-reactive ketones (excluding diaryl/α,β-unsaturated/α-hetero) is 1. The highest BCUT2D eigenvalue weighted by atomic mass is 16.5. The summed E-state index contributed by atoms with van der Waals surface area (Å²) in [5.41, 5.74) is 0.720. The number of hydrogen-bond donors (Lipinski definition) is 2. The Morgan fingerprint density at radius 1 is 1.00 bits per heavy atom. The van der Waals surface area contributed by atoms with E-state index in [1.54, 1.807) is 12.1 Å². The molecule has 1 heterocycles. The van der Waals surface area contributed by atoms with Gasteiger partial charge in [0.05, 0.1) is 27.8 Å². The van der Waals surface area contributed by atoms with Crippen molar-refractivity contribution in [2.24, 2.45) is 0 Å². The topological polar surface area (TPSA) is 94.5 Å². The Morgan fingerprint density at radius 2 is 1.64 bits per heavy atom. The predicted molar refractivity (Wildman–Crippen MR) is 88.2 cm³/mol. The van der Waals surface area contributed by atoms with Crippen molar-refractivity contribution < 1.29 is 34.0 Å². The Morgan fingerprint density at radius 3 is 2.20 bits per heavy atom. The lowest BCUT2D eigenvalue weighted by molar-refractivity contribution is 0.0844. The molecule has 0 unspecified atom stereocenters. The molecule has 2 aromatic carbocycles. The third kappa shape index (κ3) is 2.88. The number of phenolic OH excluding ortho intramolecular Hbond substituents is 2. The summed E-state index contributed by atoms with van der Waals surface area (Å²) in [6, 6.07) is 5.82. The first-order valence-electron chi connectivity index (χ1n) is 7.54. The maximum absolute atomic E-state index is 12.4. The summed E-state index contributed by atoms with van der Waals surface area (Å²) in [6.45, 7) is 0. The second-order valence-electron chi connectivity index (χ2n) is 5.53. The first-order chi connectivity index (χ1) is 12.0. The van der Waals surface area contributed by atoms with E-state index in [1.165, 1.54) is 27.4 Å². The smallest absolute Gasteiger partial charge is 0.203 e. The number of fused-ring (bicyclic) bond motifs is 1. The number of carbonyl (C=O) groups is 1. The number of phenols is 2. The molecule has 0 saturated carbocycles. The van der Waals surface area contributed by atoms with Gasteiger partial charge >= 0.3 is 0 Å². The summed E-state index contributed by atoms with van der Waals surface area (Å²) < 4.78 is 21.8. The van der Waals surface area contributed by atoms with Crippen molar-refractivity contribution in [3.05, 3.63) is 35.4 Å².